The molecule has 0 unspecified atom stereocenters. The lowest BCUT2D eigenvalue weighted by molar-refractivity contribution is -0.143. The number of aromatic nitrogens is 1. The zero-order valence-corrected chi connectivity index (χ0v) is 28.2. The van der Waals surface area contributed by atoms with E-state index in [0.717, 1.165) is 48.3 Å². The predicted octanol–water partition coefficient (Wildman–Crippen LogP) is 2.16. The highest BCUT2D eigenvalue weighted by molar-refractivity contribution is 7.92. The number of ether oxygens (including phenoxy) is 1. The van der Waals surface area contributed by atoms with Crippen LogP contribution in [0.3, 0.4) is 0 Å². The minimum atomic E-state index is -4.06. The van der Waals surface area contributed by atoms with Crippen molar-refractivity contribution in [2.75, 3.05) is 67.9 Å². The number of nitrogens with one attached hydrogen (secondary N) is 3. The molecule has 3 heterocycles. The zero-order chi connectivity index (χ0) is 33.1. The number of anilines is 3. The van der Waals surface area contributed by atoms with Crippen molar-refractivity contribution in [3.05, 3.63) is 51.7 Å². The standard InChI is InChI=1S/C29H40N8O6S3/c1-20(30)31-9-4-7-25(28(40)43-2)34-27(39)26-24(8-16-44-26)35-46(41,42)23-6-3-5-21(17-23)32-18-22-19-45-29(33-22)37-12-10-36(11-13-37)14-15-38/h3,5-6,8,16-17,19,25,32,35,38H,4,7,9-15,18H2,1-2H3,(H2,30,31)(H,34,39)/t25-/m0/s1. The van der Waals surface area contributed by atoms with Gasteiger partial charge in [0.2, 0.25) is 0 Å². The fourth-order valence-corrected chi connectivity index (χ4v) is 7.54. The molecule has 6 N–H and O–H groups in total. The van der Waals surface area contributed by atoms with Crippen LogP contribution in [0.1, 0.15) is 35.1 Å². The average molecular weight is 693 g/mol. The quantitative estimate of drug-likeness (QED) is 0.0640. The maximum Gasteiger partial charge on any atom is 0.328 e. The highest BCUT2D eigenvalue weighted by Crippen LogP contribution is 2.27. The van der Waals surface area contributed by atoms with Crippen LogP contribution in [0.2, 0.25) is 0 Å². The summed E-state index contributed by atoms with van der Waals surface area (Å²) in [5, 5.41) is 19.6. The smallest absolute Gasteiger partial charge is 0.328 e. The van der Waals surface area contributed by atoms with E-state index in [1.165, 1.54) is 25.3 Å². The number of aliphatic imine (C=N–C) groups is 1. The van der Waals surface area contributed by atoms with E-state index in [1.807, 2.05) is 5.38 Å². The monoisotopic (exact) mass is 692 g/mol. The number of nitrogens with two attached hydrogens (primary N) is 1. The van der Waals surface area contributed by atoms with E-state index >= 15 is 0 Å². The third-order valence-electron chi connectivity index (χ3n) is 7.14. The van der Waals surface area contributed by atoms with Gasteiger partial charge < -0.3 is 31.1 Å². The first-order chi connectivity index (χ1) is 22.1. The van der Waals surface area contributed by atoms with Crippen LogP contribution in [-0.2, 0) is 26.1 Å². The number of amidine groups is 1. The zero-order valence-electron chi connectivity index (χ0n) is 25.8. The summed E-state index contributed by atoms with van der Waals surface area (Å²) in [6.45, 7) is 6.73. The molecule has 1 atom stereocenters. The highest BCUT2D eigenvalue weighted by atomic mass is 32.2. The molecule has 1 saturated heterocycles. The highest BCUT2D eigenvalue weighted by Gasteiger charge is 2.26. The fraction of sp³-hybridized carbons (Fsp3) is 0.448. The molecule has 2 aromatic heterocycles. The van der Waals surface area contributed by atoms with Crippen LogP contribution in [-0.4, -0.2) is 100 Å². The number of aliphatic hydroxyl groups is 1. The molecule has 0 spiro atoms. The van der Waals surface area contributed by atoms with Crippen LogP contribution in [0.5, 0.6) is 0 Å². The lowest BCUT2D eigenvalue weighted by atomic mass is 10.1. The summed E-state index contributed by atoms with van der Waals surface area (Å²) in [6.07, 6.45) is 0.752. The lowest BCUT2D eigenvalue weighted by Gasteiger charge is -2.34. The summed E-state index contributed by atoms with van der Waals surface area (Å²) < 4.78 is 34.1. The molecule has 46 heavy (non-hydrogen) atoms. The predicted molar refractivity (Wildman–Crippen MR) is 181 cm³/mol. The molecule has 250 valence electrons. The van der Waals surface area contributed by atoms with Crippen molar-refractivity contribution in [2.45, 2.75) is 37.2 Å². The first-order valence-electron chi connectivity index (χ1n) is 14.7. The van der Waals surface area contributed by atoms with E-state index < -0.39 is 27.9 Å². The largest absolute Gasteiger partial charge is 0.467 e. The molecule has 1 aliphatic rings. The molecule has 0 bridgehead atoms. The Morgan fingerprint density at radius 1 is 1.20 bits per heavy atom. The number of methoxy groups -OCH3 is 1. The Bertz CT molecular complexity index is 1600. The second-order valence-electron chi connectivity index (χ2n) is 10.5. The number of β-amino-alcohol motifs (C(OH)–C–C–N with tert-alkyl or cyclic N) is 1. The number of thiophene rings is 1. The normalized spacial score (nSPS) is 14.9. The molecule has 4 rings (SSSR count). The number of carbonyl (C=O) groups excluding carboxylic acids is 2. The SMILES string of the molecule is COC(=O)[C@H](CCCN=C(C)N)NC(=O)c1sccc1NS(=O)(=O)c1cccc(NCc2csc(N3CCN(CCO)CC3)n2)c1. The number of esters is 1. The van der Waals surface area contributed by atoms with E-state index in [2.05, 4.69) is 30.1 Å². The number of hydrogen-bond donors (Lipinski definition) is 5. The Balaban J connectivity index is 1.36. The Morgan fingerprint density at radius 3 is 2.70 bits per heavy atom. The van der Waals surface area contributed by atoms with Gasteiger partial charge in [0.15, 0.2) is 5.13 Å². The summed E-state index contributed by atoms with van der Waals surface area (Å²) in [6, 6.07) is 6.95. The fourth-order valence-electron chi connectivity index (χ4n) is 4.73. The van der Waals surface area contributed by atoms with Crippen molar-refractivity contribution in [1.82, 2.24) is 15.2 Å². The van der Waals surface area contributed by atoms with Crippen molar-refractivity contribution in [2.24, 2.45) is 10.7 Å². The number of sulfonamides is 1. The summed E-state index contributed by atoms with van der Waals surface area (Å²) >= 11 is 2.61. The Kier molecular flexibility index (Phi) is 12.7. The van der Waals surface area contributed by atoms with Crippen molar-refractivity contribution < 1.29 is 27.9 Å². The number of amides is 1. The number of benzene rings is 1. The Hall–Kier alpha value is -3.77. The molecule has 3 aromatic rings. The van der Waals surface area contributed by atoms with Gasteiger partial charge in [0, 0.05) is 50.3 Å². The van der Waals surface area contributed by atoms with Gasteiger partial charge in [-0.25, -0.2) is 18.2 Å². The van der Waals surface area contributed by atoms with Crippen LogP contribution >= 0.6 is 22.7 Å². The number of nitrogens with zero attached hydrogens (tertiary/aromatic N) is 4. The molecule has 1 amide bonds. The molecular formula is C29H40N8O6S3. The van der Waals surface area contributed by atoms with Gasteiger partial charge in [-0.2, -0.15) is 0 Å². The van der Waals surface area contributed by atoms with Gasteiger partial charge in [-0.1, -0.05) is 6.07 Å². The number of thiazole rings is 1. The average Bonchev–Trinajstić information content (AvgIpc) is 3.71. The van der Waals surface area contributed by atoms with E-state index in [1.54, 1.807) is 35.8 Å². The van der Waals surface area contributed by atoms with Crippen LogP contribution in [0, 0.1) is 0 Å². The van der Waals surface area contributed by atoms with Gasteiger partial charge in [-0.05, 0) is 49.4 Å². The van der Waals surface area contributed by atoms with Crippen molar-refractivity contribution in [3.63, 3.8) is 0 Å². The van der Waals surface area contributed by atoms with Crippen molar-refractivity contribution in [1.29, 1.82) is 0 Å². The second-order valence-corrected chi connectivity index (χ2v) is 14.0. The van der Waals surface area contributed by atoms with Crippen LogP contribution in [0.15, 0.2) is 51.0 Å². The Morgan fingerprint density at radius 2 is 1.98 bits per heavy atom. The minimum absolute atomic E-state index is 0.0120. The summed E-state index contributed by atoms with van der Waals surface area (Å²) in [5.41, 5.74) is 7.08. The summed E-state index contributed by atoms with van der Waals surface area (Å²) in [4.78, 5) is 38.8. The summed E-state index contributed by atoms with van der Waals surface area (Å²) in [7, 11) is -2.83. The molecule has 0 aliphatic carbocycles. The van der Waals surface area contributed by atoms with Crippen molar-refractivity contribution >= 4 is 66.9 Å². The number of aliphatic hydroxyl groups excluding tert-OH is 1. The number of carbonyl (C=O) groups is 2. The van der Waals surface area contributed by atoms with E-state index in [-0.39, 0.29) is 28.5 Å². The third kappa shape index (κ3) is 9.86. The molecule has 17 heteroatoms. The van der Waals surface area contributed by atoms with Gasteiger partial charge in [0.1, 0.15) is 10.9 Å². The molecule has 0 saturated carbocycles. The maximum absolute atomic E-state index is 13.4. The number of piperazine rings is 1. The van der Waals surface area contributed by atoms with Gasteiger partial charge in [-0.3, -0.25) is 19.4 Å². The molecule has 0 radical (unpaired) electrons. The van der Waals surface area contributed by atoms with Gasteiger partial charge in [-0.15, -0.1) is 22.7 Å². The van der Waals surface area contributed by atoms with Crippen LogP contribution in [0.25, 0.3) is 0 Å². The molecule has 1 fully saturated rings. The van der Waals surface area contributed by atoms with E-state index in [0.29, 0.717) is 37.6 Å². The second kappa shape index (κ2) is 16.7. The van der Waals surface area contributed by atoms with E-state index in [4.69, 9.17) is 20.6 Å². The first-order valence-corrected chi connectivity index (χ1v) is 18.0. The number of rotatable bonds is 16. The van der Waals surface area contributed by atoms with Crippen molar-refractivity contribution in [3.8, 4) is 0 Å². The Labute approximate surface area is 276 Å². The number of hydrogen-bond acceptors (Lipinski definition) is 13. The topological polar surface area (TPSA) is 192 Å². The maximum atomic E-state index is 13.4. The molecule has 1 aliphatic heterocycles. The van der Waals surface area contributed by atoms with E-state index in [9.17, 15) is 18.0 Å². The van der Waals surface area contributed by atoms with Gasteiger partial charge in [0.05, 0.1) is 42.4 Å². The van der Waals surface area contributed by atoms with Crippen LogP contribution < -0.4 is 26.0 Å². The lowest BCUT2D eigenvalue weighted by Crippen LogP contribution is -2.47. The molecular weight excluding hydrogens is 653 g/mol. The first kappa shape index (κ1) is 35.1. The summed E-state index contributed by atoms with van der Waals surface area (Å²) in [5.74, 6) is -0.799. The van der Waals surface area contributed by atoms with Gasteiger partial charge >= 0.3 is 5.97 Å². The molecule has 1 aromatic carbocycles. The minimum Gasteiger partial charge on any atom is -0.467 e. The van der Waals surface area contributed by atoms with Crippen LogP contribution in [0.4, 0.5) is 16.5 Å². The molecule has 14 nitrogen and oxygen atoms in total. The van der Waals surface area contributed by atoms with Gasteiger partial charge in [0.25, 0.3) is 15.9 Å². The third-order valence-corrected chi connectivity index (χ3v) is 10.4.